The number of hydrogen-bond acceptors (Lipinski definition) is 5. The molecular weight excluding hydrogens is 238 g/mol. The summed E-state index contributed by atoms with van der Waals surface area (Å²) in [6.07, 6.45) is 3.01. The average Bonchev–Trinajstić information content (AvgIpc) is 2.29. The molecule has 86 valence electrons. The maximum absolute atomic E-state index is 11.4. The molecule has 0 aromatic carbocycles. The number of Topliss-reactive ketones (excluding diaryl/α,β-unsaturated/α-hetero) is 1. The summed E-state index contributed by atoms with van der Waals surface area (Å²) in [5, 5.41) is 0.952. The van der Waals surface area contributed by atoms with Gasteiger partial charge in [0, 0.05) is 24.0 Å². The van der Waals surface area contributed by atoms with E-state index in [1.807, 2.05) is 0 Å². The van der Waals surface area contributed by atoms with Gasteiger partial charge < -0.3 is 4.98 Å². The van der Waals surface area contributed by atoms with Crippen LogP contribution in [-0.2, 0) is 0 Å². The number of hydrogen-bond donors (Lipinski definition) is 1. The zero-order valence-electron chi connectivity index (χ0n) is 9.01. The highest BCUT2D eigenvalue weighted by molar-refractivity contribution is 7.99. The van der Waals surface area contributed by atoms with Gasteiger partial charge in [-0.25, -0.2) is 9.97 Å². The van der Waals surface area contributed by atoms with Crippen molar-refractivity contribution in [3.05, 3.63) is 46.5 Å². The third-order valence-electron chi connectivity index (χ3n) is 1.99. The van der Waals surface area contributed by atoms with Crippen LogP contribution in [0.2, 0.25) is 0 Å². The average molecular weight is 247 g/mol. The first-order valence-electron chi connectivity index (χ1n) is 4.86. The molecule has 0 saturated carbocycles. The Labute approximate surface area is 101 Å². The van der Waals surface area contributed by atoms with Crippen molar-refractivity contribution in [3.63, 3.8) is 0 Å². The first kappa shape index (κ1) is 11.5. The summed E-state index contributed by atoms with van der Waals surface area (Å²) >= 11 is 1.16. The molecular formula is C11H9N3O2S. The minimum Gasteiger partial charge on any atom is -0.301 e. The third kappa shape index (κ3) is 2.79. The van der Waals surface area contributed by atoms with Crippen molar-refractivity contribution in [3.8, 4) is 0 Å². The van der Waals surface area contributed by atoms with Crippen molar-refractivity contribution in [2.24, 2.45) is 0 Å². The molecule has 0 atom stereocenters. The first-order chi connectivity index (χ1) is 8.16. The van der Waals surface area contributed by atoms with Gasteiger partial charge >= 0.3 is 0 Å². The Bertz CT molecular complexity index is 609. The van der Waals surface area contributed by atoms with Crippen LogP contribution in [0.5, 0.6) is 0 Å². The summed E-state index contributed by atoms with van der Waals surface area (Å²) in [7, 11) is 0. The van der Waals surface area contributed by atoms with E-state index in [2.05, 4.69) is 15.0 Å². The highest BCUT2D eigenvalue weighted by atomic mass is 32.2. The second-order valence-electron chi connectivity index (χ2n) is 3.25. The van der Waals surface area contributed by atoms with E-state index in [1.165, 1.54) is 19.2 Å². The number of nitrogens with one attached hydrogen (secondary N) is 1. The topological polar surface area (TPSA) is 75.7 Å². The van der Waals surface area contributed by atoms with Gasteiger partial charge in [0.05, 0.1) is 0 Å². The minimum absolute atomic E-state index is 0.0705. The lowest BCUT2D eigenvalue weighted by molar-refractivity contribution is 0.101. The van der Waals surface area contributed by atoms with Crippen molar-refractivity contribution in [2.45, 2.75) is 17.1 Å². The van der Waals surface area contributed by atoms with Gasteiger partial charge in [0.2, 0.25) is 0 Å². The fraction of sp³-hybridized carbons (Fsp3) is 0.0909. The lowest BCUT2D eigenvalue weighted by atomic mass is 10.2. The highest BCUT2D eigenvalue weighted by Crippen LogP contribution is 2.24. The smallest absolute Gasteiger partial charge is 0.251 e. The summed E-state index contributed by atoms with van der Waals surface area (Å²) in [5.41, 5.74) is 0.284. The van der Waals surface area contributed by atoms with Gasteiger partial charge in [-0.2, -0.15) is 0 Å². The summed E-state index contributed by atoms with van der Waals surface area (Å²) in [6.45, 7) is 1.47. The monoisotopic (exact) mass is 247 g/mol. The molecule has 1 N–H and O–H groups in total. The van der Waals surface area contributed by atoms with Crippen molar-refractivity contribution in [2.75, 3.05) is 0 Å². The second kappa shape index (κ2) is 4.92. The normalized spacial score (nSPS) is 10.2. The van der Waals surface area contributed by atoms with Gasteiger partial charge in [-0.05, 0) is 30.8 Å². The van der Waals surface area contributed by atoms with Crippen LogP contribution in [-0.4, -0.2) is 20.7 Å². The van der Waals surface area contributed by atoms with E-state index in [0.717, 1.165) is 11.8 Å². The zero-order valence-corrected chi connectivity index (χ0v) is 9.82. The Balaban J connectivity index is 2.36. The van der Waals surface area contributed by atoms with Gasteiger partial charge in [-0.1, -0.05) is 0 Å². The summed E-state index contributed by atoms with van der Waals surface area (Å²) in [6, 6.07) is 4.72. The molecule has 5 nitrogen and oxygen atoms in total. The third-order valence-corrected chi connectivity index (χ3v) is 2.91. The SMILES string of the molecule is CC(=O)c1cccnc1Sc1nccc(=O)[nH]1. The van der Waals surface area contributed by atoms with Crippen LogP contribution in [0.15, 0.2) is 45.6 Å². The maximum Gasteiger partial charge on any atom is 0.251 e. The molecule has 0 spiro atoms. The number of aromatic nitrogens is 3. The number of rotatable bonds is 3. The van der Waals surface area contributed by atoms with Gasteiger partial charge in [0.1, 0.15) is 5.03 Å². The van der Waals surface area contributed by atoms with Crippen LogP contribution in [0.1, 0.15) is 17.3 Å². The number of aromatic amines is 1. The van der Waals surface area contributed by atoms with Crippen LogP contribution in [0.25, 0.3) is 0 Å². The highest BCUT2D eigenvalue weighted by Gasteiger charge is 2.10. The van der Waals surface area contributed by atoms with E-state index in [-0.39, 0.29) is 11.3 Å². The van der Waals surface area contributed by atoms with E-state index < -0.39 is 0 Å². The number of ketones is 1. The van der Waals surface area contributed by atoms with E-state index >= 15 is 0 Å². The number of pyridine rings is 1. The van der Waals surface area contributed by atoms with Crippen LogP contribution in [0.4, 0.5) is 0 Å². The second-order valence-corrected chi connectivity index (χ2v) is 4.23. The van der Waals surface area contributed by atoms with Crippen LogP contribution >= 0.6 is 11.8 Å². The Morgan fingerprint density at radius 2 is 2.12 bits per heavy atom. The van der Waals surface area contributed by atoms with Crippen LogP contribution in [0.3, 0.4) is 0 Å². The molecule has 0 aliphatic heterocycles. The molecule has 0 unspecified atom stereocenters. The maximum atomic E-state index is 11.4. The van der Waals surface area contributed by atoms with Crippen molar-refractivity contribution in [1.29, 1.82) is 0 Å². The Morgan fingerprint density at radius 3 is 2.82 bits per heavy atom. The number of carbonyl (C=O) groups excluding carboxylic acids is 1. The quantitative estimate of drug-likeness (QED) is 0.657. The number of nitrogens with zero attached hydrogens (tertiary/aromatic N) is 2. The molecule has 2 aromatic rings. The van der Waals surface area contributed by atoms with Crippen molar-refractivity contribution >= 4 is 17.5 Å². The zero-order chi connectivity index (χ0) is 12.3. The van der Waals surface area contributed by atoms with Crippen molar-refractivity contribution < 1.29 is 4.79 Å². The van der Waals surface area contributed by atoms with Gasteiger partial charge in [0.25, 0.3) is 5.56 Å². The molecule has 0 saturated heterocycles. The molecule has 0 aliphatic rings. The van der Waals surface area contributed by atoms with E-state index in [0.29, 0.717) is 15.7 Å². The van der Waals surface area contributed by atoms with E-state index in [4.69, 9.17) is 0 Å². The predicted octanol–water partition coefficient (Wildman–Crippen LogP) is 1.52. The summed E-state index contributed by atoms with van der Waals surface area (Å²) in [5.74, 6) is -0.0705. The van der Waals surface area contributed by atoms with E-state index in [9.17, 15) is 9.59 Å². The molecule has 6 heteroatoms. The standard InChI is InChI=1S/C11H9N3O2S/c1-7(15)8-3-2-5-12-10(8)17-11-13-6-4-9(16)14-11/h2-6H,1H3,(H,13,14,16). The van der Waals surface area contributed by atoms with Gasteiger partial charge in [-0.15, -0.1) is 0 Å². The lowest BCUT2D eigenvalue weighted by Gasteiger charge is -2.03. The Hall–Kier alpha value is -1.95. The molecule has 2 rings (SSSR count). The molecule has 2 heterocycles. The molecule has 2 aromatic heterocycles. The molecule has 0 bridgehead atoms. The molecule has 0 aliphatic carbocycles. The van der Waals surface area contributed by atoms with E-state index in [1.54, 1.807) is 18.3 Å². The molecule has 0 radical (unpaired) electrons. The lowest BCUT2D eigenvalue weighted by Crippen LogP contribution is -2.06. The summed E-state index contributed by atoms with van der Waals surface area (Å²) < 4.78 is 0. The fourth-order valence-electron chi connectivity index (χ4n) is 1.24. The van der Waals surface area contributed by atoms with Crippen LogP contribution < -0.4 is 5.56 Å². The Morgan fingerprint density at radius 1 is 1.29 bits per heavy atom. The van der Waals surface area contributed by atoms with Gasteiger partial charge in [0.15, 0.2) is 10.9 Å². The molecule has 0 fully saturated rings. The minimum atomic E-state index is -0.234. The number of H-pyrrole nitrogens is 1. The largest absolute Gasteiger partial charge is 0.301 e. The summed E-state index contributed by atoms with van der Waals surface area (Å²) in [4.78, 5) is 33.1. The first-order valence-corrected chi connectivity index (χ1v) is 5.67. The van der Waals surface area contributed by atoms with Gasteiger partial charge in [-0.3, -0.25) is 9.59 Å². The van der Waals surface area contributed by atoms with Crippen LogP contribution in [0, 0.1) is 0 Å². The molecule has 17 heavy (non-hydrogen) atoms. The predicted molar refractivity (Wildman–Crippen MR) is 63.2 cm³/mol. The van der Waals surface area contributed by atoms with Crippen molar-refractivity contribution in [1.82, 2.24) is 15.0 Å². The number of carbonyl (C=O) groups is 1. The Kier molecular flexibility index (Phi) is 3.34. The fourth-order valence-corrected chi connectivity index (χ4v) is 2.12. The molecule has 0 amide bonds.